The maximum atomic E-state index is 11.3. The third-order valence-electron chi connectivity index (χ3n) is 2.58. The first kappa shape index (κ1) is 18.5. The molecule has 0 aromatic heterocycles. The van der Waals surface area contributed by atoms with Crippen molar-refractivity contribution in [2.75, 3.05) is 13.2 Å². The summed E-state index contributed by atoms with van der Waals surface area (Å²) in [6, 6.07) is 2.41. The van der Waals surface area contributed by atoms with Gasteiger partial charge in [-0.05, 0) is 19.4 Å². The fourth-order valence-electron chi connectivity index (χ4n) is 1.53. The van der Waals surface area contributed by atoms with Crippen molar-refractivity contribution in [2.24, 2.45) is 0 Å². The van der Waals surface area contributed by atoms with E-state index in [0.29, 0.717) is 11.1 Å². The molecule has 0 unspecified atom stereocenters. The van der Waals surface area contributed by atoms with Gasteiger partial charge in [-0.15, -0.1) is 0 Å². The number of carbonyl (C=O) groups is 1. The summed E-state index contributed by atoms with van der Waals surface area (Å²) in [6.07, 6.45) is 0. The van der Waals surface area contributed by atoms with Crippen LogP contribution in [0.5, 0.6) is 5.75 Å². The lowest BCUT2D eigenvalue weighted by molar-refractivity contribution is -0.385. The van der Waals surface area contributed by atoms with Crippen LogP contribution in [-0.4, -0.2) is 24.1 Å². The van der Waals surface area contributed by atoms with Crippen molar-refractivity contribution in [3.63, 3.8) is 0 Å². The second kappa shape index (κ2) is 8.22. The fourth-order valence-corrected chi connectivity index (χ4v) is 2.03. The number of nitrogens with zero attached hydrogens (tertiary/aromatic N) is 1. The van der Waals surface area contributed by atoms with E-state index in [2.05, 4.69) is 4.74 Å². The number of benzene rings is 1. The number of ether oxygens (including phenoxy) is 2. The topological polar surface area (TPSA) is 78.7 Å². The van der Waals surface area contributed by atoms with Crippen LogP contribution in [-0.2, 0) is 9.53 Å². The van der Waals surface area contributed by atoms with Crippen molar-refractivity contribution >= 4 is 52.0 Å². The molecular formula is C13H12Cl3NO5. The molecule has 22 heavy (non-hydrogen) atoms. The monoisotopic (exact) mass is 367 g/mol. The highest BCUT2D eigenvalue weighted by Crippen LogP contribution is 2.38. The predicted molar refractivity (Wildman–Crippen MR) is 84.5 cm³/mol. The van der Waals surface area contributed by atoms with Crippen molar-refractivity contribution in [3.05, 3.63) is 37.3 Å². The van der Waals surface area contributed by atoms with Gasteiger partial charge < -0.3 is 9.47 Å². The second-order valence-electron chi connectivity index (χ2n) is 4.04. The Labute approximate surface area is 141 Å². The molecule has 0 fully saturated rings. The van der Waals surface area contributed by atoms with Gasteiger partial charge in [-0.1, -0.05) is 34.8 Å². The largest absolute Gasteiger partial charge is 0.475 e. The molecule has 0 saturated carbocycles. The summed E-state index contributed by atoms with van der Waals surface area (Å²) in [4.78, 5) is 21.7. The first-order chi connectivity index (χ1) is 10.3. The Balaban J connectivity index is 3.19. The zero-order chi connectivity index (χ0) is 16.9. The van der Waals surface area contributed by atoms with E-state index in [-0.39, 0.29) is 27.6 Å². The van der Waals surface area contributed by atoms with E-state index in [1.54, 1.807) is 13.8 Å². The Bertz CT molecular complexity index is 626. The Morgan fingerprint density at radius 3 is 2.50 bits per heavy atom. The molecule has 0 aliphatic heterocycles. The lowest BCUT2D eigenvalue weighted by Crippen LogP contribution is -2.15. The maximum absolute atomic E-state index is 11.3. The molecule has 9 heteroatoms. The highest BCUT2D eigenvalue weighted by atomic mass is 35.5. The molecule has 0 saturated heterocycles. The summed E-state index contributed by atoms with van der Waals surface area (Å²) >= 11 is 17.4. The van der Waals surface area contributed by atoms with Gasteiger partial charge in [-0.25, -0.2) is 4.79 Å². The molecule has 1 rings (SSSR count). The van der Waals surface area contributed by atoms with E-state index >= 15 is 0 Å². The predicted octanol–water partition coefficient (Wildman–Crippen LogP) is 4.36. The number of hydrogen-bond donors (Lipinski definition) is 0. The number of rotatable bonds is 6. The number of halogens is 3. The molecule has 0 spiro atoms. The van der Waals surface area contributed by atoms with E-state index in [0.717, 1.165) is 0 Å². The summed E-state index contributed by atoms with van der Waals surface area (Å²) in [7, 11) is 0. The Kier molecular flexibility index (Phi) is 6.93. The van der Waals surface area contributed by atoms with Crippen molar-refractivity contribution in [1.82, 2.24) is 0 Å². The second-order valence-corrected chi connectivity index (χ2v) is 5.39. The third-order valence-corrected chi connectivity index (χ3v) is 3.46. The molecule has 6 nitrogen and oxygen atoms in total. The molecule has 0 aliphatic rings. The third kappa shape index (κ3) is 4.76. The van der Waals surface area contributed by atoms with Gasteiger partial charge in [-0.2, -0.15) is 0 Å². The lowest BCUT2D eigenvalue weighted by atomic mass is 10.1. The van der Waals surface area contributed by atoms with Crippen molar-refractivity contribution in [2.45, 2.75) is 13.8 Å². The number of hydrogen-bond acceptors (Lipinski definition) is 5. The van der Waals surface area contributed by atoms with Crippen LogP contribution in [0.4, 0.5) is 5.69 Å². The molecule has 0 amide bonds. The first-order valence-corrected chi connectivity index (χ1v) is 7.19. The number of esters is 1. The standard InChI is InChI=1S/C13H12Cl3NO5/c1-3-21-12(18)6-22-11-5-9(14)8(7(2)13(15)16)4-10(11)17(19)20/h4-5H,3,6H2,1-2H3. The SMILES string of the molecule is CCOC(=O)COc1cc(Cl)c(C(C)=C(Cl)Cl)cc1[N+](=O)[O-]. The molecule has 120 valence electrons. The normalized spacial score (nSPS) is 10.0. The van der Waals surface area contributed by atoms with Crippen LogP contribution in [0.3, 0.4) is 0 Å². The molecule has 0 radical (unpaired) electrons. The molecule has 1 aromatic rings. The first-order valence-electron chi connectivity index (χ1n) is 6.06. The van der Waals surface area contributed by atoms with Crippen LogP contribution >= 0.6 is 34.8 Å². The summed E-state index contributed by atoms with van der Waals surface area (Å²) in [6.45, 7) is 2.92. The fraction of sp³-hybridized carbons (Fsp3) is 0.308. The van der Waals surface area contributed by atoms with Crippen LogP contribution in [0, 0.1) is 10.1 Å². The Morgan fingerprint density at radius 2 is 2.00 bits per heavy atom. The molecular weight excluding hydrogens is 357 g/mol. The maximum Gasteiger partial charge on any atom is 0.344 e. The van der Waals surface area contributed by atoms with Gasteiger partial charge in [0.2, 0.25) is 0 Å². The van der Waals surface area contributed by atoms with Crippen LogP contribution in [0.15, 0.2) is 16.6 Å². The van der Waals surface area contributed by atoms with Crippen LogP contribution in [0.25, 0.3) is 5.57 Å². The Morgan fingerprint density at radius 1 is 1.36 bits per heavy atom. The van der Waals surface area contributed by atoms with Gasteiger partial charge in [0.1, 0.15) is 4.49 Å². The molecule has 0 N–H and O–H groups in total. The molecule has 0 atom stereocenters. The van der Waals surface area contributed by atoms with E-state index in [1.807, 2.05) is 0 Å². The zero-order valence-electron chi connectivity index (χ0n) is 11.7. The van der Waals surface area contributed by atoms with Gasteiger partial charge in [-0.3, -0.25) is 10.1 Å². The Hall–Kier alpha value is -1.50. The van der Waals surface area contributed by atoms with Gasteiger partial charge in [0.05, 0.1) is 16.6 Å². The summed E-state index contributed by atoms with van der Waals surface area (Å²) < 4.78 is 9.73. The number of nitro groups is 1. The average Bonchev–Trinajstić information content (AvgIpc) is 2.44. The zero-order valence-corrected chi connectivity index (χ0v) is 14.0. The van der Waals surface area contributed by atoms with Crippen molar-refractivity contribution < 1.29 is 19.2 Å². The van der Waals surface area contributed by atoms with Gasteiger partial charge in [0, 0.05) is 17.7 Å². The smallest absolute Gasteiger partial charge is 0.344 e. The minimum absolute atomic E-state index is 0.0589. The molecule has 0 heterocycles. The van der Waals surface area contributed by atoms with Crippen molar-refractivity contribution in [3.8, 4) is 5.75 Å². The van der Waals surface area contributed by atoms with E-state index in [4.69, 9.17) is 39.5 Å². The number of nitro benzene ring substituents is 1. The summed E-state index contributed by atoms with van der Waals surface area (Å²) in [5, 5.41) is 11.3. The summed E-state index contributed by atoms with van der Waals surface area (Å²) in [5.41, 5.74) is 0.322. The van der Waals surface area contributed by atoms with Crippen LogP contribution in [0.1, 0.15) is 19.4 Å². The van der Waals surface area contributed by atoms with E-state index in [9.17, 15) is 14.9 Å². The summed E-state index contributed by atoms with van der Waals surface area (Å²) in [5.74, 6) is -0.790. The van der Waals surface area contributed by atoms with E-state index < -0.39 is 17.5 Å². The van der Waals surface area contributed by atoms with Gasteiger partial charge in [0.15, 0.2) is 12.4 Å². The number of carbonyl (C=O) groups excluding carboxylic acids is 1. The average molecular weight is 369 g/mol. The minimum atomic E-state index is -0.657. The minimum Gasteiger partial charge on any atom is -0.475 e. The van der Waals surface area contributed by atoms with Crippen LogP contribution in [0.2, 0.25) is 5.02 Å². The van der Waals surface area contributed by atoms with Gasteiger partial charge >= 0.3 is 11.7 Å². The van der Waals surface area contributed by atoms with Gasteiger partial charge in [0.25, 0.3) is 0 Å². The molecule has 0 aliphatic carbocycles. The van der Waals surface area contributed by atoms with Crippen molar-refractivity contribution in [1.29, 1.82) is 0 Å². The molecule has 1 aromatic carbocycles. The van der Waals surface area contributed by atoms with E-state index in [1.165, 1.54) is 12.1 Å². The highest BCUT2D eigenvalue weighted by Gasteiger charge is 2.21. The molecule has 0 bridgehead atoms. The van der Waals surface area contributed by atoms with Crippen LogP contribution < -0.4 is 4.74 Å². The lowest BCUT2D eigenvalue weighted by Gasteiger charge is -2.10. The quantitative estimate of drug-likeness (QED) is 0.423. The number of allylic oxidation sites excluding steroid dienone is 1. The highest BCUT2D eigenvalue weighted by molar-refractivity contribution is 6.58.